The van der Waals surface area contributed by atoms with Gasteiger partial charge in [0, 0.05) is 0 Å². The van der Waals surface area contributed by atoms with Gasteiger partial charge in [0.2, 0.25) is 0 Å². The van der Waals surface area contributed by atoms with Crippen molar-refractivity contribution in [3.05, 3.63) is 72.2 Å². The van der Waals surface area contributed by atoms with Crippen LogP contribution in [-0.4, -0.2) is 17.1 Å². The molecule has 2 N–H and O–H groups in total. The van der Waals surface area contributed by atoms with Crippen LogP contribution in [0.25, 0.3) is 0 Å². The van der Waals surface area contributed by atoms with Crippen LogP contribution in [-0.2, 0) is 6.61 Å². The van der Waals surface area contributed by atoms with Gasteiger partial charge in [-0.2, -0.15) is 4.98 Å². The Morgan fingerprint density at radius 3 is 2.68 bits per heavy atom. The zero-order valence-corrected chi connectivity index (χ0v) is 13.6. The van der Waals surface area contributed by atoms with E-state index in [0.717, 1.165) is 22.5 Å². The minimum Gasteiger partial charge on any atom is -0.497 e. The summed E-state index contributed by atoms with van der Waals surface area (Å²) in [7, 11) is 1.59. The van der Waals surface area contributed by atoms with Crippen molar-refractivity contribution < 1.29 is 13.9 Å². The Balaban J connectivity index is 1.77. The molecule has 0 aliphatic heterocycles. The molecule has 1 heterocycles. The number of methoxy groups -OCH3 is 1. The molecule has 0 saturated carbocycles. The Morgan fingerprint density at radius 1 is 1.12 bits per heavy atom. The molecule has 0 atom stereocenters. The zero-order chi connectivity index (χ0) is 17.6. The van der Waals surface area contributed by atoms with Crippen molar-refractivity contribution in [3.8, 4) is 11.8 Å². The summed E-state index contributed by atoms with van der Waals surface area (Å²) in [5, 5.41) is 1.15. The SMILES string of the molecule is COc1cccc(COc2ncc(F)c(N(N)c3ccccc3)n2)c1. The first-order chi connectivity index (χ1) is 12.2. The van der Waals surface area contributed by atoms with Crippen molar-refractivity contribution in [2.45, 2.75) is 6.61 Å². The Hall–Kier alpha value is -3.19. The molecule has 0 unspecified atom stereocenters. The Bertz CT molecular complexity index is 845. The summed E-state index contributed by atoms with van der Waals surface area (Å²) in [6, 6.07) is 16.4. The fraction of sp³-hybridized carbons (Fsp3) is 0.111. The number of anilines is 2. The van der Waals surface area contributed by atoms with Gasteiger partial charge >= 0.3 is 6.01 Å². The largest absolute Gasteiger partial charge is 0.497 e. The number of hydrogen-bond acceptors (Lipinski definition) is 6. The summed E-state index contributed by atoms with van der Waals surface area (Å²) in [5.74, 6) is 5.98. The van der Waals surface area contributed by atoms with Gasteiger partial charge in [0.25, 0.3) is 0 Å². The third-order valence-electron chi connectivity index (χ3n) is 3.47. The molecule has 128 valence electrons. The molecule has 0 spiro atoms. The van der Waals surface area contributed by atoms with Crippen LogP contribution in [0.1, 0.15) is 5.56 Å². The van der Waals surface area contributed by atoms with E-state index < -0.39 is 5.82 Å². The highest BCUT2D eigenvalue weighted by Crippen LogP contribution is 2.24. The molecule has 7 heteroatoms. The van der Waals surface area contributed by atoms with E-state index in [0.29, 0.717) is 5.69 Å². The van der Waals surface area contributed by atoms with Crippen molar-refractivity contribution >= 4 is 11.5 Å². The fourth-order valence-electron chi connectivity index (χ4n) is 2.20. The third-order valence-corrected chi connectivity index (χ3v) is 3.47. The van der Waals surface area contributed by atoms with Crippen LogP contribution in [0.3, 0.4) is 0 Å². The Labute approximate surface area is 144 Å². The van der Waals surface area contributed by atoms with Gasteiger partial charge in [0.15, 0.2) is 11.6 Å². The van der Waals surface area contributed by atoms with Crippen molar-refractivity contribution in [1.82, 2.24) is 9.97 Å². The first kappa shape index (κ1) is 16.7. The first-order valence-corrected chi connectivity index (χ1v) is 7.55. The molecule has 0 amide bonds. The topological polar surface area (TPSA) is 73.5 Å². The maximum atomic E-state index is 14.0. The van der Waals surface area contributed by atoms with E-state index in [-0.39, 0.29) is 18.4 Å². The third kappa shape index (κ3) is 4.02. The van der Waals surface area contributed by atoms with Gasteiger partial charge in [-0.1, -0.05) is 30.3 Å². The minimum atomic E-state index is -0.639. The number of aromatic nitrogens is 2. The first-order valence-electron chi connectivity index (χ1n) is 7.55. The number of nitrogens with two attached hydrogens (primary N) is 1. The lowest BCUT2D eigenvalue weighted by Gasteiger charge is -2.18. The summed E-state index contributed by atoms with van der Waals surface area (Å²) in [5.41, 5.74) is 1.47. The number of hydrogen-bond donors (Lipinski definition) is 1. The average molecular weight is 340 g/mol. The highest BCUT2D eigenvalue weighted by atomic mass is 19.1. The predicted octanol–water partition coefficient (Wildman–Crippen LogP) is 3.22. The van der Waals surface area contributed by atoms with Crippen LogP contribution in [0.5, 0.6) is 11.8 Å². The molecule has 0 fully saturated rings. The highest BCUT2D eigenvalue weighted by molar-refractivity contribution is 5.58. The second kappa shape index (κ2) is 7.59. The molecule has 0 aliphatic rings. The molecule has 2 aromatic carbocycles. The quantitative estimate of drug-likeness (QED) is 0.549. The molecule has 0 aliphatic carbocycles. The maximum Gasteiger partial charge on any atom is 0.318 e. The second-order valence-corrected chi connectivity index (χ2v) is 5.17. The number of ether oxygens (including phenoxy) is 2. The van der Waals surface area contributed by atoms with Crippen LogP contribution in [0.2, 0.25) is 0 Å². The number of benzene rings is 2. The summed E-state index contributed by atoms with van der Waals surface area (Å²) in [6.07, 6.45) is 1.03. The number of hydrazine groups is 1. The number of halogens is 1. The van der Waals surface area contributed by atoms with Crippen molar-refractivity contribution in [3.63, 3.8) is 0 Å². The van der Waals surface area contributed by atoms with Gasteiger partial charge in [0.05, 0.1) is 19.0 Å². The zero-order valence-electron chi connectivity index (χ0n) is 13.6. The number of nitrogens with zero attached hydrogens (tertiary/aromatic N) is 3. The molecule has 0 radical (unpaired) electrons. The molecule has 1 aromatic heterocycles. The lowest BCUT2D eigenvalue weighted by atomic mass is 10.2. The number of rotatable bonds is 6. The van der Waals surface area contributed by atoms with E-state index in [1.165, 1.54) is 0 Å². The summed E-state index contributed by atoms with van der Waals surface area (Å²) in [6.45, 7) is 0.220. The molecular weight excluding hydrogens is 323 g/mol. The highest BCUT2D eigenvalue weighted by Gasteiger charge is 2.14. The van der Waals surface area contributed by atoms with E-state index in [1.807, 2.05) is 30.3 Å². The fourth-order valence-corrected chi connectivity index (χ4v) is 2.20. The van der Waals surface area contributed by atoms with Gasteiger partial charge in [0.1, 0.15) is 12.4 Å². The minimum absolute atomic E-state index is 0.0330. The molecule has 3 rings (SSSR count). The summed E-state index contributed by atoms with van der Waals surface area (Å²) in [4.78, 5) is 7.92. The summed E-state index contributed by atoms with van der Waals surface area (Å²) < 4.78 is 24.8. The molecular formula is C18H17FN4O2. The average Bonchev–Trinajstić information content (AvgIpc) is 2.67. The monoisotopic (exact) mass is 340 g/mol. The van der Waals surface area contributed by atoms with Gasteiger partial charge < -0.3 is 9.47 Å². The van der Waals surface area contributed by atoms with Gasteiger partial charge in [-0.05, 0) is 29.8 Å². The van der Waals surface area contributed by atoms with Crippen LogP contribution >= 0.6 is 0 Å². The van der Waals surface area contributed by atoms with Crippen molar-refractivity contribution in [2.24, 2.45) is 5.84 Å². The van der Waals surface area contributed by atoms with Crippen LogP contribution in [0, 0.1) is 5.82 Å². The Morgan fingerprint density at radius 2 is 1.92 bits per heavy atom. The second-order valence-electron chi connectivity index (χ2n) is 5.17. The van der Waals surface area contributed by atoms with Crippen LogP contribution in [0.4, 0.5) is 15.9 Å². The van der Waals surface area contributed by atoms with Crippen LogP contribution < -0.4 is 20.3 Å². The number of para-hydroxylation sites is 1. The summed E-state index contributed by atoms with van der Waals surface area (Å²) >= 11 is 0. The van der Waals surface area contributed by atoms with Gasteiger partial charge in [-0.3, -0.25) is 5.01 Å². The van der Waals surface area contributed by atoms with Gasteiger partial charge in [-0.15, -0.1) is 0 Å². The molecule has 0 bridgehead atoms. The van der Waals surface area contributed by atoms with E-state index in [1.54, 1.807) is 31.4 Å². The Kier molecular flexibility index (Phi) is 5.06. The molecule has 0 saturated heterocycles. The van der Waals surface area contributed by atoms with Crippen molar-refractivity contribution in [2.75, 3.05) is 12.1 Å². The van der Waals surface area contributed by atoms with E-state index in [4.69, 9.17) is 15.3 Å². The molecule has 6 nitrogen and oxygen atoms in total. The van der Waals surface area contributed by atoms with Crippen LogP contribution in [0.15, 0.2) is 60.8 Å². The lowest BCUT2D eigenvalue weighted by molar-refractivity contribution is 0.279. The van der Waals surface area contributed by atoms with E-state index in [2.05, 4.69) is 9.97 Å². The molecule has 25 heavy (non-hydrogen) atoms. The lowest BCUT2D eigenvalue weighted by Crippen LogP contribution is -2.27. The standard InChI is InChI=1S/C18H17FN4O2/c1-24-15-9-5-6-13(10-15)12-25-18-21-11-16(19)17(22-18)23(20)14-7-3-2-4-8-14/h2-11H,12,20H2,1H3. The van der Waals surface area contributed by atoms with Crippen molar-refractivity contribution in [1.29, 1.82) is 0 Å². The smallest absolute Gasteiger partial charge is 0.318 e. The van der Waals surface area contributed by atoms with Gasteiger partial charge in [-0.25, -0.2) is 15.2 Å². The molecule has 3 aromatic rings. The van der Waals surface area contributed by atoms with E-state index >= 15 is 0 Å². The normalized spacial score (nSPS) is 10.4. The maximum absolute atomic E-state index is 14.0. The predicted molar refractivity (Wildman–Crippen MR) is 92.1 cm³/mol. The van der Waals surface area contributed by atoms with E-state index in [9.17, 15) is 4.39 Å².